The summed E-state index contributed by atoms with van der Waals surface area (Å²) in [5.41, 5.74) is 0. The minimum Gasteiger partial charge on any atom is -0.469 e. The number of aliphatic hydroxyl groups is 1. The Kier molecular flexibility index (Phi) is 12.4. The summed E-state index contributed by atoms with van der Waals surface area (Å²) in [7, 11) is 1.47. The molecule has 122 valence electrons. The number of aliphatic hydroxyl groups excluding tert-OH is 1. The van der Waals surface area contributed by atoms with Crippen LogP contribution < -0.4 is 5.32 Å². The third-order valence-electron chi connectivity index (χ3n) is 2.73. The lowest BCUT2D eigenvalue weighted by Crippen LogP contribution is -2.24. The fourth-order valence-corrected chi connectivity index (χ4v) is 1.62. The second-order valence-electron chi connectivity index (χ2n) is 4.60. The van der Waals surface area contributed by atoms with Crippen molar-refractivity contribution in [2.75, 3.05) is 20.3 Å². The zero-order valence-electron chi connectivity index (χ0n) is 13.0. The maximum Gasteiger partial charge on any atom is 0.313 e. The molecule has 0 aliphatic heterocycles. The molecule has 0 spiro atoms. The van der Waals surface area contributed by atoms with Crippen LogP contribution in [0.3, 0.4) is 0 Å². The third-order valence-corrected chi connectivity index (χ3v) is 2.73. The molecule has 0 rings (SSSR count). The molecule has 6 nitrogen and oxygen atoms in total. The minimum atomic E-state index is -0.302. The summed E-state index contributed by atoms with van der Waals surface area (Å²) in [6.45, 7) is 2.56. The molecular weight excluding hydrogens is 274 g/mol. The van der Waals surface area contributed by atoms with Crippen molar-refractivity contribution < 1.29 is 24.2 Å². The molecule has 0 aromatic heterocycles. The molecule has 0 bridgehead atoms. The molecule has 0 aromatic carbocycles. The van der Waals surface area contributed by atoms with Crippen molar-refractivity contribution >= 4 is 11.9 Å². The zero-order chi connectivity index (χ0) is 15.9. The first-order valence-corrected chi connectivity index (χ1v) is 7.46. The minimum absolute atomic E-state index is 0.0332. The van der Waals surface area contributed by atoms with Crippen molar-refractivity contribution in [3.05, 3.63) is 12.0 Å². The van der Waals surface area contributed by atoms with Gasteiger partial charge in [-0.3, -0.25) is 9.59 Å². The van der Waals surface area contributed by atoms with E-state index in [4.69, 9.17) is 14.6 Å². The number of rotatable bonds is 12. The van der Waals surface area contributed by atoms with Crippen molar-refractivity contribution in [2.45, 2.75) is 51.9 Å². The van der Waals surface area contributed by atoms with Gasteiger partial charge in [0.15, 0.2) is 0 Å². The molecular formula is C15H27NO5. The van der Waals surface area contributed by atoms with Crippen LogP contribution in [-0.2, 0) is 19.1 Å². The van der Waals surface area contributed by atoms with Crippen molar-refractivity contribution in [1.82, 2.24) is 5.32 Å². The summed E-state index contributed by atoms with van der Waals surface area (Å²) >= 11 is 0. The molecule has 0 unspecified atom stereocenters. The summed E-state index contributed by atoms with van der Waals surface area (Å²) < 4.78 is 9.95. The number of methoxy groups -OCH3 is 1. The van der Waals surface area contributed by atoms with Gasteiger partial charge >= 0.3 is 5.97 Å². The first-order chi connectivity index (χ1) is 10.1. The van der Waals surface area contributed by atoms with Crippen molar-refractivity contribution in [3.8, 4) is 0 Å². The number of allylic oxidation sites excluding steroid dienone is 1. The lowest BCUT2D eigenvalue weighted by atomic mass is 10.2. The molecule has 0 saturated carbocycles. The number of unbranched alkanes of at least 4 members (excludes halogenated alkanes) is 2. The number of nitrogens with one attached hydrogen (secondary N) is 1. The Labute approximate surface area is 126 Å². The van der Waals surface area contributed by atoms with Gasteiger partial charge < -0.3 is 19.9 Å². The van der Waals surface area contributed by atoms with Crippen LogP contribution in [0.2, 0.25) is 0 Å². The van der Waals surface area contributed by atoms with Gasteiger partial charge in [0.05, 0.1) is 7.11 Å². The maximum absolute atomic E-state index is 11.5. The van der Waals surface area contributed by atoms with E-state index in [1.165, 1.54) is 7.11 Å². The van der Waals surface area contributed by atoms with Gasteiger partial charge in [0.2, 0.25) is 5.91 Å². The van der Waals surface area contributed by atoms with Crippen LogP contribution in [0.15, 0.2) is 12.0 Å². The standard InChI is InChI=1S/C15H27NO5/c1-3-8-15(20-2)21-14(19)10-5-4-6-11-16-13(18)9-7-12-17/h8,17H,3-7,9-12H2,1-2H3,(H,16,18)/b15-8+. The number of carbonyl (C=O) groups is 2. The van der Waals surface area contributed by atoms with Gasteiger partial charge in [0.1, 0.15) is 0 Å². The Morgan fingerprint density at radius 1 is 1.14 bits per heavy atom. The van der Waals surface area contributed by atoms with Crippen molar-refractivity contribution in [1.29, 1.82) is 0 Å². The van der Waals surface area contributed by atoms with Crippen LogP contribution >= 0.6 is 0 Å². The molecule has 2 N–H and O–H groups in total. The van der Waals surface area contributed by atoms with Gasteiger partial charge in [0.25, 0.3) is 5.95 Å². The Morgan fingerprint density at radius 2 is 1.90 bits per heavy atom. The van der Waals surface area contributed by atoms with Gasteiger partial charge in [-0.1, -0.05) is 13.3 Å². The van der Waals surface area contributed by atoms with E-state index in [2.05, 4.69) is 5.32 Å². The van der Waals surface area contributed by atoms with Crippen LogP contribution in [0, 0.1) is 0 Å². The monoisotopic (exact) mass is 301 g/mol. The first-order valence-electron chi connectivity index (χ1n) is 7.46. The Morgan fingerprint density at radius 3 is 2.52 bits per heavy atom. The zero-order valence-corrected chi connectivity index (χ0v) is 13.0. The van der Waals surface area contributed by atoms with E-state index in [1.807, 2.05) is 6.92 Å². The van der Waals surface area contributed by atoms with Crippen LogP contribution in [0.1, 0.15) is 51.9 Å². The number of amides is 1. The molecule has 0 saturated heterocycles. The molecule has 0 aliphatic rings. The average molecular weight is 301 g/mol. The van der Waals surface area contributed by atoms with Crippen molar-refractivity contribution in [3.63, 3.8) is 0 Å². The Bertz CT molecular complexity index is 328. The fraction of sp³-hybridized carbons (Fsp3) is 0.733. The van der Waals surface area contributed by atoms with Crippen molar-refractivity contribution in [2.24, 2.45) is 0 Å². The van der Waals surface area contributed by atoms with Gasteiger partial charge in [-0.05, 0) is 31.8 Å². The molecule has 0 aliphatic carbocycles. The highest BCUT2D eigenvalue weighted by molar-refractivity contribution is 5.75. The van der Waals surface area contributed by atoms with Crippen LogP contribution in [-0.4, -0.2) is 37.2 Å². The highest BCUT2D eigenvalue weighted by atomic mass is 16.7. The van der Waals surface area contributed by atoms with E-state index in [9.17, 15) is 9.59 Å². The summed E-state index contributed by atoms with van der Waals surface area (Å²) in [5.74, 6) is -0.0972. The first kappa shape index (κ1) is 19.4. The SMILES string of the molecule is CC/C=C(\OC)OC(=O)CCCCCNC(=O)CCCO. The fourth-order valence-electron chi connectivity index (χ4n) is 1.62. The Hall–Kier alpha value is -1.56. The molecule has 0 radical (unpaired) electrons. The molecule has 21 heavy (non-hydrogen) atoms. The van der Waals surface area contributed by atoms with Gasteiger partial charge in [-0.25, -0.2) is 0 Å². The van der Waals surface area contributed by atoms with Gasteiger partial charge in [0, 0.05) is 26.0 Å². The van der Waals surface area contributed by atoms with Gasteiger partial charge in [-0.2, -0.15) is 0 Å². The summed E-state index contributed by atoms with van der Waals surface area (Å²) in [6, 6.07) is 0. The van der Waals surface area contributed by atoms with E-state index in [0.717, 1.165) is 19.3 Å². The number of hydrogen-bond acceptors (Lipinski definition) is 5. The van der Waals surface area contributed by atoms with E-state index < -0.39 is 0 Å². The molecule has 0 heterocycles. The maximum atomic E-state index is 11.5. The number of esters is 1. The average Bonchev–Trinajstić information content (AvgIpc) is 2.48. The second-order valence-corrected chi connectivity index (χ2v) is 4.60. The number of hydrogen-bond donors (Lipinski definition) is 2. The largest absolute Gasteiger partial charge is 0.469 e. The second kappa shape index (κ2) is 13.4. The van der Waals surface area contributed by atoms with E-state index >= 15 is 0 Å². The van der Waals surface area contributed by atoms with Crippen LogP contribution in [0.4, 0.5) is 0 Å². The third kappa shape index (κ3) is 11.9. The van der Waals surface area contributed by atoms with E-state index in [1.54, 1.807) is 6.08 Å². The lowest BCUT2D eigenvalue weighted by molar-refractivity contribution is -0.144. The lowest BCUT2D eigenvalue weighted by Gasteiger charge is -2.07. The molecule has 0 aromatic rings. The normalized spacial score (nSPS) is 11.1. The predicted molar refractivity (Wildman–Crippen MR) is 79.3 cm³/mol. The van der Waals surface area contributed by atoms with E-state index in [-0.39, 0.29) is 24.4 Å². The topological polar surface area (TPSA) is 84.9 Å². The Balaban J connectivity index is 3.56. The van der Waals surface area contributed by atoms with Crippen LogP contribution in [0.25, 0.3) is 0 Å². The van der Waals surface area contributed by atoms with Gasteiger partial charge in [-0.15, -0.1) is 0 Å². The highest BCUT2D eigenvalue weighted by Gasteiger charge is 2.06. The highest BCUT2D eigenvalue weighted by Crippen LogP contribution is 2.06. The number of ether oxygens (including phenoxy) is 2. The summed E-state index contributed by atoms with van der Waals surface area (Å²) in [4.78, 5) is 22.8. The van der Waals surface area contributed by atoms with E-state index in [0.29, 0.717) is 32.2 Å². The molecule has 6 heteroatoms. The smallest absolute Gasteiger partial charge is 0.313 e. The molecule has 1 amide bonds. The summed E-state index contributed by atoms with van der Waals surface area (Å²) in [6.07, 6.45) is 6.01. The molecule has 0 atom stereocenters. The van der Waals surface area contributed by atoms with Crippen LogP contribution in [0.5, 0.6) is 0 Å². The summed E-state index contributed by atoms with van der Waals surface area (Å²) in [5, 5.41) is 11.4. The molecule has 0 fully saturated rings. The quantitative estimate of drug-likeness (QED) is 0.326. The number of carbonyl (C=O) groups excluding carboxylic acids is 2. The predicted octanol–water partition coefficient (Wildman–Crippen LogP) is 1.88.